The average molecular weight is 461 g/mol. The molecule has 3 amide bonds. The van der Waals surface area contributed by atoms with E-state index in [4.69, 9.17) is 0 Å². The highest BCUT2D eigenvalue weighted by Gasteiger charge is 2.62. The summed E-state index contributed by atoms with van der Waals surface area (Å²) in [6.45, 7) is 1.39. The van der Waals surface area contributed by atoms with E-state index in [-0.39, 0.29) is 23.1 Å². The number of hydrogen-bond donors (Lipinski definition) is 0. The quantitative estimate of drug-likeness (QED) is 0.282. The number of nitro benzene ring substituents is 1. The van der Waals surface area contributed by atoms with E-state index in [2.05, 4.69) is 0 Å². The summed E-state index contributed by atoms with van der Waals surface area (Å²) in [5.41, 5.74) is 1.16. The van der Waals surface area contributed by atoms with Gasteiger partial charge in [0.1, 0.15) is 6.54 Å². The number of nitrogens with zero attached hydrogens (tertiary/aromatic N) is 3. The lowest BCUT2D eigenvalue weighted by Gasteiger charge is -2.30. The number of carbonyl (C=O) groups excluding carboxylic acids is 4. The number of nitro groups is 1. The molecule has 3 fully saturated rings. The van der Waals surface area contributed by atoms with Crippen molar-refractivity contribution in [2.45, 2.75) is 26.2 Å². The Bertz CT molecular complexity index is 1180. The molecule has 1 heterocycles. The van der Waals surface area contributed by atoms with Crippen LogP contribution >= 0.6 is 0 Å². The van der Waals surface area contributed by atoms with E-state index in [1.807, 2.05) is 6.92 Å². The Morgan fingerprint density at radius 2 is 1.47 bits per heavy atom. The highest BCUT2D eigenvalue weighted by atomic mass is 16.6. The van der Waals surface area contributed by atoms with Crippen molar-refractivity contribution in [3.8, 4) is 0 Å². The molecule has 2 aliphatic carbocycles. The Morgan fingerprint density at radius 3 is 2.00 bits per heavy atom. The number of ketones is 1. The van der Waals surface area contributed by atoms with E-state index >= 15 is 0 Å². The van der Waals surface area contributed by atoms with E-state index in [0.717, 1.165) is 34.8 Å². The van der Waals surface area contributed by atoms with Gasteiger partial charge in [-0.05, 0) is 50.2 Å². The molecule has 34 heavy (non-hydrogen) atoms. The molecule has 1 saturated heterocycles. The summed E-state index contributed by atoms with van der Waals surface area (Å²) >= 11 is 0. The molecule has 1 aliphatic heterocycles. The summed E-state index contributed by atoms with van der Waals surface area (Å²) < 4.78 is 0. The predicted octanol–water partition coefficient (Wildman–Crippen LogP) is 3.17. The molecule has 0 aromatic heterocycles. The Morgan fingerprint density at radius 1 is 0.941 bits per heavy atom. The van der Waals surface area contributed by atoms with Crippen LogP contribution in [0.2, 0.25) is 0 Å². The second-order valence-electron chi connectivity index (χ2n) is 9.33. The Balaban J connectivity index is 1.49. The van der Waals surface area contributed by atoms with Crippen molar-refractivity contribution in [1.82, 2.24) is 10.0 Å². The van der Waals surface area contributed by atoms with Gasteiger partial charge in [-0.25, -0.2) is 5.01 Å². The number of non-ortho nitro benzene ring substituents is 1. The maximum absolute atomic E-state index is 13.5. The first-order valence-electron chi connectivity index (χ1n) is 11.3. The first-order chi connectivity index (χ1) is 16.3. The number of rotatable bonds is 6. The van der Waals surface area contributed by atoms with Crippen LogP contribution in [0.5, 0.6) is 0 Å². The van der Waals surface area contributed by atoms with Crippen LogP contribution in [-0.4, -0.2) is 45.0 Å². The molecule has 2 saturated carbocycles. The number of carbonyl (C=O) groups is 4. The number of hydrogen-bond acceptors (Lipinski definition) is 6. The minimum atomic E-state index is -0.732. The molecular weight excluding hydrogens is 438 g/mol. The standard InChI is InChI=1S/C25H23N3O6/c1-14-2-4-15(5-3-14)20(29)13-26(23(30)16-8-10-19(11-9-16)28(33)34)27-24(31)21-17-6-7-18(12-17)22(21)25(27)32/h2-5,8-11,17-18,21-22H,6-7,12-13H2,1H3/t17-,18-,21-,22-/m0/s1. The molecule has 0 N–H and O–H groups in total. The first-order valence-corrected chi connectivity index (χ1v) is 11.3. The van der Waals surface area contributed by atoms with Gasteiger partial charge in [-0.15, -0.1) is 0 Å². The van der Waals surface area contributed by atoms with Crippen LogP contribution in [0.15, 0.2) is 48.5 Å². The molecular formula is C25H23N3O6. The lowest BCUT2D eigenvalue weighted by atomic mass is 9.81. The highest BCUT2D eigenvalue weighted by Crippen LogP contribution is 2.56. The first kappa shape index (κ1) is 21.9. The largest absolute Gasteiger partial charge is 0.292 e. The molecule has 0 unspecified atom stereocenters. The third-order valence-electron chi connectivity index (χ3n) is 7.37. The van der Waals surface area contributed by atoms with Crippen LogP contribution in [-0.2, 0) is 9.59 Å². The monoisotopic (exact) mass is 461 g/mol. The number of Topliss-reactive ketones (excluding diaryl/α,β-unsaturated/α-hetero) is 1. The summed E-state index contributed by atoms with van der Waals surface area (Å²) in [5.74, 6) is -2.68. The number of benzene rings is 2. The van der Waals surface area contributed by atoms with E-state index in [0.29, 0.717) is 5.56 Å². The average Bonchev–Trinajstić information content (AvgIpc) is 3.51. The lowest BCUT2D eigenvalue weighted by molar-refractivity contribution is -0.384. The maximum Gasteiger partial charge on any atom is 0.273 e. The number of amides is 3. The Labute approximate surface area is 195 Å². The smallest absolute Gasteiger partial charge is 0.273 e. The summed E-state index contributed by atoms with van der Waals surface area (Å²) in [6.07, 6.45) is 2.62. The normalized spacial score (nSPS) is 24.9. The number of aryl methyl sites for hydroxylation is 1. The van der Waals surface area contributed by atoms with Gasteiger partial charge >= 0.3 is 0 Å². The van der Waals surface area contributed by atoms with Crippen molar-refractivity contribution in [1.29, 1.82) is 0 Å². The second-order valence-corrected chi connectivity index (χ2v) is 9.33. The van der Waals surface area contributed by atoms with Gasteiger partial charge in [-0.2, -0.15) is 5.01 Å². The second kappa shape index (κ2) is 8.16. The van der Waals surface area contributed by atoms with E-state index in [1.165, 1.54) is 24.3 Å². The zero-order chi connectivity index (χ0) is 24.1. The fraction of sp³-hybridized carbons (Fsp3) is 0.360. The zero-order valence-corrected chi connectivity index (χ0v) is 18.5. The minimum absolute atomic E-state index is 0.0444. The highest BCUT2D eigenvalue weighted by molar-refractivity contribution is 6.10. The molecule has 9 nitrogen and oxygen atoms in total. The summed E-state index contributed by atoms with van der Waals surface area (Å²) in [6, 6.07) is 11.7. The van der Waals surface area contributed by atoms with Gasteiger partial charge in [0.05, 0.1) is 16.8 Å². The van der Waals surface area contributed by atoms with E-state index in [1.54, 1.807) is 24.3 Å². The predicted molar refractivity (Wildman–Crippen MR) is 119 cm³/mol. The fourth-order valence-electron chi connectivity index (χ4n) is 5.71. The maximum atomic E-state index is 13.5. The lowest BCUT2D eigenvalue weighted by Crippen LogP contribution is -2.52. The SMILES string of the molecule is Cc1ccc(C(=O)CN(C(=O)c2ccc([N+](=O)[O-])cc2)N2C(=O)[C@H]3[C@H]4CC[C@@H](C4)[C@@H]3C2=O)cc1. The topological polar surface area (TPSA) is 118 Å². The molecule has 5 rings (SSSR count). The number of hydrazine groups is 1. The van der Waals surface area contributed by atoms with Gasteiger partial charge in [0.25, 0.3) is 23.4 Å². The van der Waals surface area contributed by atoms with Gasteiger partial charge in [0.15, 0.2) is 5.78 Å². The van der Waals surface area contributed by atoms with Gasteiger partial charge < -0.3 is 0 Å². The molecule has 0 spiro atoms. The van der Waals surface area contributed by atoms with Crippen LogP contribution in [0.1, 0.15) is 45.5 Å². The molecule has 3 aliphatic rings. The third kappa shape index (κ3) is 3.48. The van der Waals surface area contributed by atoms with Gasteiger partial charge in [-0.1, -0.05) is 29.8 Å². The Kier molecular flexibility index (Phi) is 5.27. The Hall–Kier alpha value is -3.88. The van der Waals surface area contributed by atoms with E-state index in [9.17, 15) is 29.3 Å². The third-order valence-corrected chi connectivity index (χ3v) is 7.37. The van der Waals surface area contributed by atoms with Gasteiger partial charge in [-0.3, -0.25) is 29.3 Å². The van der Waals surface area contributed by atoms with Gasteiger partial charge in [0.2, 0.25) is 0 Å². The molecule has 2 aromatic carbocycles. The summed E-state index contributed by atoms with van der Waals surface area (Å²) in [5, 5.41) is 12.8. The van der Waals surface area contributed by atoms with Crippen LogP contribution < -0.4 is 0 Å². The molecule has 2 aromatic rings. The van der Waals surface area contributed by atoms with Crippen LogP contribution in [0.3, 0.4) is 0 Å². The van der Waals surface area contributed by atoms with E-state index < -0.39 is 46.8 Å². The minimum Gasteiger partial charge on any atom is -0.292 e. The molecule has 0 radical (unpaired) electrons. The van der Waals surface area contributed by atoms with Crippen molar-refractivity contribution in [3.63, 3.8) is 0 Å². The molecule has 4 atom stereocenters. The van der Waals surface area contributed by atoms with Crippen molar-refractivity contribution in [2.24, 2.45) is 23.7 Å². The molecule has 174 valence electrons. The number of fused-ring (bicyclic) bond motifs is 5. The zero-order valence-electron chi connectivity index (χ0n) is 18.5. The van der Waals surface area contributed by atoms with Crippen molar-refractivity contribution in [3.05, 3.63) is 75.3 Å². The van der Waals surface area contributed by atoms with Gasteiger partial charge in [0, 0.05) is 23.3 Å². The van der Waals surface area contributed by atoms with Crippen molar-refractivity contribution in [2.75, 3.05) is 6.54 Å². The summed E-state index contributed by atoms with van der Waals surface area (Å²) in [7, 11) is 0. The molecule has 2 bridgehead atoms. The molecule has 9 heteroatoms. The number of imide groups is 1. The van der Waals surface area contributed by atoms with Crippen LogP contribution in [0.25, 0.3) is 0 Å². The summed E-state index contributed by atoms with van der Waals surface area (Å²) in [4.78, 5) is 63.7. The van der Waals surface area contributed by atoms with Crippen LogP contribution in [0.4, 0.5) is 5.69 Å². The van der Waals surface area contributed by atoms with Crippen LogP contribution in [0, 0.1) is 40.7 Å². The van der Waals surface area contributed by atoms with Crippen molar-refractivity contribution < 1.29 is 24.1 Å². The fourth-order valence-corrected chi connectivity index (χ4v) is 5.71. The van der Waals surface area contributed by atoms with Crippen molar-refractivity contribution >= 4 is 29.2 Å².